The maximum absolute atomic E-state index is 13.4. The first-order chi connectivity index (χ1) is 15.5. The zero-order valence-electron chi connectivity index (χ0n) is 19.6. The number of benzene rings is 2. The largest absolute Gasteiger partial charge is 0.355 e. The minimum absolute atomic E-state index is 0.122. The Morgan fingerprint density at radius 2 is 1.61 bits per heavy atom. The van der Waals surface area contributed by atoms with E-state index >= 15 is 0 Å². The fraction of sp³-hybridized carbons (Fsp3) is 0.391. The summed E-state index contributed by atoms with van der Waals surface area (Å²) >= 11 is 0. The molecule has 0 aliphatic carbocycles. The molecule has 0 radical (unpaired) electrons. The highest BCUT2D eigenvalue weighted by molar-refractivity contribution is 7.90. The van der Waals surface area contributed by atoms with Crippen LogP contribution in [0.25, 0.3) is 0 Å². The highest BCUT2D eigenvalue weighted by atomic mass is 32.2. The van der Waals surface area contributed by atoms with Crippen molar-refractivity contribution in [2.75, 3.05) is 31.5 Å². The highest BCUT2D eigenvalue weighted by Crippen LogP contribution is 2.21. The molecule has 33 heavy (non-hydrogen) atoms. The summed E-state index contributed by atoms with van der Waals surface area (Å²) in [6.45, 7) is 5.28. The molecule has 2 rings (SSSR count). The van der Waals surface area contributed by atoms with Crippen molar-refractivity contribution in [2.45, 2.75) is 33.4 Å². The van der Waals surface area contributed by atoms with E-state index in [9.17, 15) is 22.4 Å². The number of anilines is 1. The lowest BCUT2D eigenvalue weighted by atomic mass is 10.1. The van der Waals surface area contributed by atoms with Gasteiger partial charge in [0.25, 0.3) is 0 Å². The normalized spacial score (nSPS) is 12.3. The summed E-state index contributed by atoms with van der Waals surface area (Å²) in [6, 6.07) is 11.5. The lowest BCUT2D eigenvalue weighted by Crippen LogP contribution is -2.52. The van der Waals surface area contributed by atoms with E-state index in [0.717, 1.165) is 31.9 Å². The first-order valence-electron chi connectivity index (χ1n) is 10.6. The molecule has 0 spiro atoms. The molecule has 0 fully saturated rings. The highest BCUT2D eigenvalue weighted by Gasteiger charge is 2.32. The number of rotatable bonds is 10. The second-order valence-electron chi connectivity index (χ2n) is 7.85. The van der Waals surface area contributed by atoms with Crippen LogP contribution < -0.4 is 9.62 Å². The van der Waals surface area contributed by atoms with Crippen LogP contribution >= 0.6 is 0 Å². The first kappa shape index (κ1) is 26.3. The van der Waals surface area contributed by atoms with Crippen LogP contribution in [0.5, 0.6) is 0 Å². The van der Waals surface area contributed by atoms with Gasteiger partial charge in [0.2, 0.25) is 11.8 Å². The van der Waals surface area contributed by atoms with Crippen LogP contribution in [0.1, 0.15) is 25.0 Å². The van der Waals surface area contributed by atoms with Gasteiger partial charge in [-0.3, -0.25) is 9.59 Å². The molecule has 2 amide bonds. The van der Waals surface area contributed by atoms with Gasteiger partial charge >= 0.3 is 10.2 Å². The summed E-state index contributed by atoms with van der Waals surface area (Å²) in [7, 11) is -1.38. The van der Waals surface area contributed by atoms with E-state index in [0.29, 0.717) is 6.54 Å². The van der Waals surface area contributed by atoms with E-state index in [-0.39, 0.29) is 18.1 Å². The third kappa shape index (κ3) is 6.75. The van der Waals surface area contributed by atoms with Crippen molar-refractivity contribution in [3.05, 3.63) is 65.5 Å². The molecule has 8 nitrogen and oxygen atoms in total. The van der Waals surface area contributed by atoms with E-state index in [2.05, 4.69) is 5.32 Å². The SMILES string of the molecule is CCNC(=O)[C@H](C)N(Cc1ccc(C)cc1)C(=O)CN(c1ccc(F)cc1)S(=O)(=O)N(C)C. The van der Waals surface area contributed by atoms with Crippen molar-refractivity contribution < 1.29 is 22.4 Å². The summed E-state index contributed by atoms with van der Waals surface area (Å²) in [4.78, 5) is 27.3. The summed E-state index contributed by atoms with van der Waals surface area (Å²) in [5.74, 6) is -1.44. The summed E-state index contributed by atoms with van der Waals surface area (Å²) < 4.78 is 41.3. The van der Waals surface area contributed by atoms with Gasteiger partial charge < -0.3 is 10.2 Å². The third-order valence-electron chi connectivity index (χ3n) is 5.13. The molecular formula is C23H31FN4O4S. The van der Waals surface area contributed by atoms with Crippen molar-refractivity contribution in [2.24, 2.45) is 0 Å². The van der Waals surface area contributed by atoms with Crippen molar-refractivity contribution in [3.8, 4) is 0 Å². The standard InChI is InChI=1S/C23H31FN4O4S/c1-6-25-23(30)18(3)27(15-19-9-7-17(2)8-10-19)22(29)16-28(33(31,32)26(4)5)21-13-11-20(24)12-14-21/h7-14,18H,6,15-16H2,1-5H3,(H,25,30)/t18-/m0/s1. The molecule has 0 aliphatic rings. The van der Waals surface area contributed by atoms with Crippen LogP contribution in [0.3, 0.4) is 0 Å². The Bertz CT molecular complexity index is 1060. The summed E-state index contributed by atoms with van der Waals surface area (Å²) in [6.07, 6.45) is 0. The van der Waals surface area contributed by atoms with Crippen LogP contribution in [0.4, 0.5) is 10.1 Å². The maximum atomic E-state index is 13.4. The van der Waals surface area contributed by atoms with Gasteiger partial charge in [0.05, 0.1) is 5.69 Å². The number of carbonyl (C=O) groups excluding carboxylic acids is 2. The Kier molecular flexibility index (Phi) is 8.95. The number of likely N-dealkylation sites (N-methyl/N-ethyl adjacent to an activating group) is 1. The smallest absolute Gasteiger partial charge is 0.304 e. The molecule has 0 unspecified atom stereocenters. The van der Waals surface area contributed by atoms with Gasteiger partial charge in [-0.05, 0) is 50.6 Å². The minimum Gasteiger partial charge on any atom is -0.355 e. The first-order valence-corrected chi connectivity index (χ1v) is 12.0. The molecule has 0 bridgehead atoms. The molecule has 2 aromatic carbocycles. The Labute approximate surface area is 195 Å². The van der Waals surface area contributed by atoms with Crippen LogP contribution in [0, 0.1) is 12.7 Å². The second-order valence-corrected chi connectivity index (χ2v) is 9.92. The van der Waals surface area contributed by atoms with Gasteiger partial charge in [-0.1, -0.05) is 29.8 Å². The van der Waals surface area contributed by atoms with Gasteiger partial charge in [-0.15, -0.1) is 0 Å². The zero-order valence-corrected chi connectivity index (χ0v) is 20.4. The van der Waals surface area contributed by atoms with E-state index in [1.54, 1.807) is 13.8 Å². The van der Waals surface area contributed by atoms with E-state index < -0.39 is 34.5 Å². The third-order valence-corrected chi connectivity index (χ3v) is 6.95. The zero-order chi connectivity index (χ0) is 24.8. The molecule has 1 atom stereocenters. The predicted molar refractivity (Wildman–Crippen MR) is 126 cm³/mol. The fourth-order valence-corrected chi connectivity index (χ4v) is 4.17. The number of hydrogen-bond acceptors (Lipinski definition) is 4. The molecule has 1 N–H and O–H groups in total. The number of hydrogen-bond donors (Lipinski definition) is 1. The topological polar surface area (TPSA) is 90.0 Å². The maximum Gasteiger partial charge on any atom is 0.304 e. The van der Waals surface area contributed by atoms with Crippen molar-refractivity contribution in [3.63, 3.8) is 0 Å². The lowest BCUT2D eigenvalue weighted by molar-refractivity contribution is -0.139. The average molecular weight is 479 g/mol. The molecule has 0 aliphatic heterocycles. The number of carbonyl (C=O) groups is 2. The lowest BCUT2D eigenvalue weighted by Gasteiger charge is -2.32. The minimum atomic E-state index is -4.07. The average Bonchev–Trinajstić information content (AvgIpc) is 2.77. The second kappa shape index (κ2) is 11.2. The van der Waals surface area contributed by atoms with E-state index in [1.807, 2.05) is 31.2 Å². The Hall–Kier alpha value is -2.98. The van der Waals surface area contributed by atoms with Gasteiger partial charge in [0.1, 0.15) is 18.4 Å². The predicted octanol–water partition coefficient (Wildman–Crippen LogP) is 2.30. The number of amides is 2. The van der Waals surface area contributed by atoms with Gasteiger partial charge in [-0.2, -0.15) is 12.7 Å². The van der Waals surface area contributed by atoms with Crippen molar-refractivity contribution in [1.82, 2.24) is 14.5 Å². The van der Waals surface area contributed by atoms with E-state index in [4.69, 9.17) is 0 Å². The quantitative estimate of drug-likeness (QED) is 0.568. The van der Waals surface area contributed by atoms with Crippen LogP contribution in [-0.4, -0.2) is 62.7 Å². The molecule has 10 heteroatoms. The molecular weight excluding hydrogens is 447 g/mol. The summed E-state index contributed by atoms with van der Waals surface area (Å²) in [5, 5.41) is 2.70. The van der Waals surface area contributed by atoms with Crippen LogP contribution in [-0.2, 0) is 26.3 Å². The van der Waals surface area contributed by atoms with E-state index in [1.165, 1.54) is 31.1 Å². The van der Waals surface area contributed by atoms with Crippen LogP contribution in [0.2, 0.25) is 0 Å². The molecule has 180 valence electrons. The molecule has 2 aromatic rings. The van der Waals surface area contributed by atoms with Crippen molar-refractivity contribution in [1.29, 1.82) is 0 Å². The Morgan fingerprint density at radius 1 is 1.03 bits per heavy atom. The van der Waals surface area contributed by atoms with Gasteiger partial charge in [0, 0.05) is 27.2 Å². The molecule has 0 aromatic heterocycles. The Balaban J connectivity index is 2.43. The molecule has 0 heterocycles. The Morgan fingerprint density at radius 3 is 2.12 bits per heavy atom. The van der Waals surface area contributed by atoms with Gasteiger partial charge in [0.15, 0.2) is 0 Å². The number of halogens is 1. The molecule has 0 saturated carbocycles. The number of nitrogens with one attached hydrogen (secondary N) is 1. The monoisotopic (exact) mass is 478 g/mol. The number of nitrogens with zero attached hydrogens (tertiary/aromatic N) is 3. The van der Waals surface area contributed by atoms with Gasteiger partial charge in [-0.25, -0.2) is 8.70 Å². The number of aryl methyl sites for hydroxylation is 1. The van der Waals surface area contributed by atoms with Crippen LogP contribution in [0.15, 0.2) is 48.5 Å². The summed E-state index contributed by atoms with van der Waals surface area (Å²) in [5.41, 5.74) is 1.99. The molecule has 0 saturated heterocycles. The fourth-order valence-electron chi connectivity index (χ4n) is 3.12. The van der Waals surface area contributed by atoms with Crippen molar-refractivity contribution >= 4 is 27.7 Å².